The number of hydrogen-bond acceptors (Lipinski definition) is 2. The lowest BCUT2D eigenvalue weighted by atomic mass is 9.52. The van der Waals surface area contributed by atoms with Crippen LogP contribution in [0.15, 0.2) is 249 Å². The van der Waals surface area contributed by atoms with E-state index in [0.717, 1.165) is 44.3 Å². The Kier molecular flexibility index (Phi) is 8.37. The summed E-state index contributed by atoms with van der Waals surface area (Å²) in [6.07, 6.45) is 5.50. The molecule has 83 heavy (non-hydrogen) atoms. The lowest BCUT2D eigenvalue weighted by Gasteiger charge is -2.49. The normalized spacial score (nSPS) is 21.9. The third kappa shape index (κ3) is 6.59. The maximum Gasteiger partial charge on any atom is 0.269 e. The second-order valence-corrected chi connectivity index (χ2v) is 24.3. The van der Waals surface area contributed by atoms with E-state index < -0.39 is 65.8 Å². The van der Waals surface area contributed by atoms with Crippen molar-refractivity contribution in [2.24, 2.45) is 5.41 Å². The molecule has 13 aromatic rings. The molecule has 10 aromatic carbocycles. The predicted molar refractivity (Wildman–Crippen MR) is 338 cm³/mol. The van der Waals surface area contributed by atoms with Gasteiger partial charge in [0.2, 0.25) is 0 Å². The molecule has 16 rings (SSSR count). The van der Waals surface area contributed by atoms with Crippen molar-refractivity contribution in [3.8, 4) is 62.1 Å². The van der Waals surface area contributed by atoms with E-state index in [1.165, 1.54) is 33.4 Å². The van der Waals surface area contributed by atoms with E-state index in [1.54, 1.807) is 22.8 Å². The zero-order chi connectivity index (χ0) is 64.9. The zero-order valence-corrected chi connectivity index (χ0v) is 47.1. The average Bonchev–Trinajstić information content (AvgIpc) is 1.44. The second-order valence-electron chi connectivity index (χ2n) is 24.3. The molecule has 0 amide bonds. The van der Waals surface area contributed by atoms with Gasteiger partial charge in [0.15, 0.2) is 0 Å². The van der Waals surface area contributed by atoms with E-state index in [4.69, 9.17) is 17.9 Å². The number of imidazole rings is 1. The van der Waals surface area contributed by atoms with E-state index in [2.05, 4.69) is 162 Å². The molecule has 0 N–H and O–H groups in total. The van der Waals surface area contributed by atoms with Crippen LogP contribution in [0, 0.1) is 11.7 Å². The molecule has 4 atom stereocenters. The number of rotatable bonds is 8. The summed E-state index contributed by atoms with van der Waals surface area (Å²) in [5.41, 5.74) is 13.4. The Morgan fingerprint density at radius 2 is 1.05 bits per heavy atom. The summed E-state index contributed by atoms with van der Waals surface area (Å²) < 4.78 is 103. The topological polar surface area (TPSA) is 35.9 Å². The van der Waals surface area contributed by atoms with Crippen molar-refractivity contribution in [3.63, 3.8) is 0 Å². The van der Waals surface area contributed by atoms with Crippen LogP contribution in [0.25, 0.3) is 83.4 Å². The molecule has 0 radical (unpaired) electrons. The first kappa shape index (κ1) is 39.8. The summed E-state index contributed by atoms with van der Waals surface area (Å²) in [5.74, 6) is 1.87. The molecule has 0 saturated carbocycles. The molecule has 400 valence electrons. The van der Waals surface area contributed by atoms with Gasteiger partial charge in [-0.15, -0.1) is 0 Å². The fourth-order valence-corrected chi connectivity index (χ4v) is 15.5. The van der Waals surface area contributed by atoms with Crippen LogP contribution >= 0.6 is 0 Å². The highest BCUT2D eigenvalue weighted by molar-refractivity contribution is 6.09. The number of nitrogens with zero attached hydrogens (tertiary/aromatic N) is 4. The summed E-state index contributed by atoms with van der Waals surface area (Å²) in [6.45, 7) is 16.4. The second kappa shape index (κ2) is 17.5. The van der Waals surface area contributed by atoms with E-state index in [-0.39, 0.29) is 49.6 Å². The zero-order valence-electron chi connectivity index (χ0n) is 57.1. The molecule has 0 saturated heterocycles. The van der Waals surface area contributed by atoms with Crippen molar-refractivity contribution < 1.29 is 23.0 Å². The van der Waals surface area contributed by atoms with Crippen molar-refractivity contribution >= 4 is 32.8 Å². The van der Waals surface area contributed by atoms with Crippen LogP contribution < -0.4 is 9.30 Å². The van der Waals surface area contributed by atoms with Gasteiger partial charge in [-0.3, -0.25) is 13.7 Å². The highest BCUT2D eigenvalue weighted by Gasteiger charge is 2.79. The standard InChI is InChI=1S/C78H62N4O/c1-74(2,3)54-42-43-79-72(46-54)82-68-35-19-14-28-60(68)61-39-38-57(48-70(61)82)83-56-27-20-26-55(47-56)80-49-81(73-58(50-22-10-8-11-23-50)29-21-30-59(73)51-24-12-9-13-25-51)69-41-37-53(45-71(69)80)52-36-40-66-67(44-52)77(6)65-34-18-17-33-64(65)75(4)62-31-15-16-32-63(62)76(66,5)78(75,77)7/h8-48H,1-7H3/i8D,9D,10D,11D,12D,13D,22D,23D,24D,25D. The van der Waals surface area contributed by atoms with Crippen LogP contribution in [0.1, 0.15) is 101 Å². The quantitative estimate of drug-likeness (QED) is 0.112. The molecule has 3 aliphatic carbocycles. The summed E-state index contributed by atoms with van der Waals surface area (Å²) >= 11 is 0. The molecule has 5 nitrogen and oxygen atoms in total. The minimum absolute atomic E-state index is 0.115. The van der Waals surface area contributed by atoms with E-state index in [1.807, 2.05) is 71.4 Å². The SMILES string of the molecule is [2H]c1c([2H])c([2H])c(-c2cccc(-c3c([2H])c([2H])c([2H])c([2H])c3[2H])c2-[n+]2[c-]n(-c3cccc(Oc4ccc5c6ccccc6n(-c6cc(C(C)(C)C)ccn6)c5c4)c3)c3cc(-c4ccc5c(c4)C4(C)c6ccccc6C6(C)c7ccccc7C5(C)C64C)ccc32)c([2H])c1[2H]. The first-order chi connectivity index (χ1) is 44.4. The van der Waals surface area contributed by atoms with Gasteiger partial charge in [-0.25, -0.2) is 4.98 Å². The number of pyridine rings is 1. The fraction of sp³-hybridized carbons (Fsp3) is 0.154. The Labute approximate surface area is 499 Å². The van der Waals surface area contributed by atoms with Gasteiger partial charge in [-0.05, 0) is 138 Å². The van der Waals surface area contributed by atoms with Crippen molar-refractivity contribution in [3.05, 3.63) is 294 Å². The minimum atomic E-state index is -0.573. The largest absolute Gasteiger partial charge is 0.458 e. The molecule has 0 bridgehead atoms. The first-order valence-electron chi connectivity index (χ1n) is 33.4. The number of benzene rings is 10. The maximum atomic E-state index is 9.36. The van der Waals surface area contributed by atoms with E-state index in [9.17, 15) is 5.48 Å². The molecular weight excluding hydrogens is 1010 g/mol. The molecule has 3 aliphatic rings. The van der Waals surface area contributed by atoms with Crippen LogP contribution in [-0.2, 0) is 21.7 Å². The Bertz CT molecular complexity index is 5320. The predicted octanol–water partition coefficient (Wildman–Crippen LogP) is 18.6. The van der Waals surface area contributed by atoms with Gasteiger partial charge < -0.3 is 4.74 Å². The van der Waals surface area contributed by atoms with Crippen LogP contribution in [0.2, 0.25) is 0 Å². The number of hydrogen-bond donors (Lipinski definition) is 0. The molecule has 5 heteroatoms. The highest BCUT2D eigenvalue weighted by Crippen LogP contribution is 2.82. The van der Waals surface area contributed by atoms with Crippen molar-refractivity contribution in [1.82, 2.24) is 14.1 Å². The molecule has 0 aliphatic heterocycles. The molecule has 0 fully saturated rings. The van der Waals surface area contributed by atoms with Crippen LogP contribution in [0.3, 0.4) is 0 Å². The first-order valence-corrected chi connectivity index (χ1v) is 28.4. The van der Waals surface area contributed by atoms with Gasteiger partial charge >= 0.3 is 0 Å². The molecule has 3 heterocycles. The number of fused-ring (bicyclic) bond motifs is 13. The van der Waals surface area contributed by atoms with Gasteiger partial charge in [0.25, 0.3) is 6.33 Å². The van der Waals surface area contributed by atoms with Gasteiger partial charge in [0, 0.05) is 44.7 Å². The van der Waals surface area contributed by atoms with Gasteiger partial charge in [-0.2, -0.15) is 0 Å². The maximum absolute atomic E-state index is 9.36. The summed E-state index contributed by atoms with van der Waals surface area (Å²) in [7, 11) is 0. The van der Waals surface area contributed by atoms with Crippen LogP contribution in [0.5, 0.6) is 11.5 Å². The van der Waals surface area contributed by atoms with Gasteiger partial charge in [0.05, 0.1) is 47.1 Å². The number of ether oxygens (including phenoxy) is 1. The average molecular weight is 1080 g/mol. The smallest absolute Gasteiger partial charge is 0.269 e. The summed E-state index contributed by atoms with van der Waals surface area (Å²) in [6, 6.07) is 56.9. The van der Waals surface area contributed by atoms with E-state index in [0.29, 0.717) is 28.2 Å². The Balaban J connectivity index is 0.924. The Hall–Kier alpha value is -9.58. The summed E-state index contributed by atoms with van der Waals surface area (Å²) in [4.78, 5) is 4.90. The van der Waals surface area contributed by atoms with E-state index >= 15 is 0 Å². The van der Waals surface area contributed by atoms with Crippen molar-refractivity contribution in [2.75, 3.05) is 0 Å². The molecular formula is C78H62N4O. The van der Waals surface area contributed by atoms with Gasteiger partial charge in [0.1, 0.15) is 17.3 Å². The highest BCUT2D eigenvalue weighted by atomic mass is 16.5. The molecule has 4 unspecified atom stereocenters. The summed E-state index contributed by atoms with van der Waals surface area (Å²) in [5, 5.41) is 2.11. The van der Waals surface area contributed by atoms with Crippen molar-refractivity contribution in [2.45, 2.75) is 70.1 Å². The lowest BCUT2D eigenvalue weighted by Crippen LogP contribution is -2.51. The number of aromatic nitrogens is 4. The number of para-hydroxylation sites is 2. The van der Waals surface area contributed by atoms with Crippen LogP contribution in [-0.4, -0.2) is 14.1 Å². The fourth-order valence-electron chi connectivity index (χ4n) is 15.5. The monoisotopic (exact) mass is 1080 g/mol. The Morgan fingerprint density at radius 1 is 0.482 bits per heavy atom. The van der Waals surface area contributed by atoms with Crippen LogP contribution in [0.4, 0.5) is 0 Å². The van der Waals surface area contributed by atoms with Gasteiger partial charge in [-0.1, -0.05) is 224 Å². The Morgan fingerprint density at radius 3 is 1.71 bits per heavy atom. The molecule has 3 aromatic heterocycles. The third-order valence-corrected chi connectivity index (χ3v) is 19.7. The lowest BCUT2D eigenvalue weighted by molar-refractivity contribution is -0.571. The van der Waals surface area contributed by atoms with Crippen molar-refractivity contribution in [1.29, 1.82) is 0 Å². The third-order valence-electron chi connectivity index (χ3n) is 19.7. The minimum Gasteiger partial charge on any atom is -0.458 e. The molecule has 0 spiro atoms.